The van der Waals surface area contributed by atoms with Crippen LogP contribution in [0.25, 0.3) is 0 Å². The van der Waals surface area contributed by atoms with E-state index in [0.717, 1.165) is 36.4 Å². The van der Waals surface area contributed by atoms with E-state index in [0.29, 0.717) is 0 Å². The lowest BCUT2D eigenvalue weighted by Gasteiger charge is -2.34. The molecule has 0 amide bonds. The summed E-state index contributed by atoms with van der Waals surface area (Å²) in [6.07, 6.45) is 4.67. The predicted octanol–water partition coefficient (Wildman–Crippen LogP) is 3.50. The van der Waals surface area contributed by atoms with Crippen LogP contribution >= 0.6 is 11.3 Å². The first kappa shape index (κ1) is 13.8. The summed E-state index contributed by atoms with van der Waals surface area (Å²) in [6, 6.07) is 2.08. The number of hydrogen-bond acceptors (Lipinski definition) is 3. The number of aryl methyl sites for hydroxylation is 3. The van der Waals surface area contributed by atoms with Crippen LogP contribution in [0.15, 0.2) is 17.6 Å². The largest absolute Gasteiger partial charge is 0.388 e. The van der Waals surface area contributed by atoms with Crippen molar-refractivity contribution in [1.82, 2.24) is 9.55 Å². The quantitative estimate of drug-likeness (QED) is 0.939. The van der Waals surface area contributed by atoms with Gasteiger partial charge in [0.05, 0.1) is 16.8 Å². The fourth-order valence-corrected chi connectivity index (χ4v) is 3.80. The third-order valence-electron chi connectivity index (χ3n) is 4.14. The third-order valence-corrected chi connectivity index (χ3v) is 4.96. The lowest BCUT2D eigenvalue weighted by atomic mass is 9.75. The zero-order chi connectivity index (χ0) is 14.3. The van der Waals surface area contributed by atoms with Gasteiger partial charge in [0.2, 0.25) is 0 Å². The maximum Gasteiger partial charge on any atom is 0.0897 e. The highest BCUT2D eigenvalue weighted by atomic mass is 32.1. The van der Waals surface area contributed by atoms with Crippen LogP contribution in [0.4, 0.5) is 0 Å². The molecule has 1 aliphatic rings. The minimum Gasteiger partial charge on any atom is -0.388 e. The topological polar surface area (TPSA) is 38.0 Å². The van der Waals surface area contributed by atoms with Gasteiger partial charge in [-0.25, -0.2) is 4.98 Å². The van der Waals surface area contributed by atoms with Crippen molar-refractivity contribution in [3.8, 4) is 0 Å². The first-order chi connectivity index (χ1) is 9.44. The number of rotatable bonds is 3. The van der Waals surface area contributed by atoms with Gasteiger partial charge in [-0.05, 0) is 31.2 Å². The van der Waals surface area contributed by atoms with Gasteiger partial charge in [-0.15, -0.1) is 11.3 Å². The van der Waals surface area contributed by atoms with Crippen molar-refractivity contribution >= 4 is 11.3 Å². The molecule has 2 heterocycles. The van der Waals surface area contributed by atoms with Crippen molar-refractivity contribution in [2.24, 2.45) is 5.41 Å². The molecule has 0 spiro atoms. The van der Waals surface area contributed by atoms with Crippen LogP contribution in [0.2, 0.25) is 0 Å². The second-order valence-corrected chi connectivity index (χ2v) is 7.64. The van der Waals surface area contributed by atoms with Gasteiger partial charge in [0.15, 0.2) is 0 Å². The second kappa shape index (κ2) is 5.01. The molecule has 0 aliphatic heterocycles. The summed E-state index contributed by atoms with van der Waals surface area (Å²) in [5.74, 6) is 0. The molecule has 2 aromatic rings. The highest BCUT2D eigenvalue weighted by molar-refractivity contribution is 7.09. The molecular weight excluding hydrogens is 268 g/mol. The Labute approximate surface area is 124 Å². The van der Waals surface area contributed by atoms with Gasteiger partial charge in [0, 0.05) is 35.8 Å². The van der Waals surface area contributed by atoms with Gasteiger partial charge in [0.1, 0.15) is 0 Å². The first-order valence-corrected chi connectivity index (χ1v) is 8.09. The molecule has 0 fully saturated rings. The average Bonchev–Trinajstić information content (AvgIpc) is 2.92. The summed E-state index contributed by atoms with van der Waals surface area (Å²) in [5, 5.41) is 13.5. The summed E-state index contributed by atoms with van der Waals surface area (Å²) in [7, 11) is 0. The summed E-state index contributed by atoms with van der Waals surface area (Å²) in [6.45, 7) is 7.46. The third kappa shape index (κ3) is 2.67. The SMILES string of the molecule is Cc1nc(CCn2ccc3c2CC(C)(C)CC3O)cs1. The van der Waals surface area contributed by atoms with Crippen molar-refractivity contribution in [2.45, 2.75) is 52.7 Å². The van der Waals surface area contributed by atoms with E-state index in [1.807, 2.05) is 6.92 Å². The predicted molar refractivity (Wildman–Crippen MR) is 82.0 cm³/mol. The van der Waals surface area contributed by atoms with Crippen LogP contribution in [-0.4, -0.2) is 14.7 Å². The summed E-state index contributed by atoms with van der Waals surface area (Å²) in [5.41, 5.74) is 3.78. The molecule has 1 N–H and O–H groups in total. The number of fused-ring (bicyclic) bond motifs is 1. The van der Waals surface area contributed by atoms with E-state index in [4.69, 9.17) is 0 Å². The van der Waals surface area contributed by atoms with Crippen molar-refractivity contribution < 1.29 is 5.11 Å². The first-order valence-electron chi connectivity index (χ1n) is 7.22. The van der Waals surface area contributed by atoms with E-state index < -0.39 is 0 Å². The highest BCUT2D eigenvalue weighted by Gasteiger charge is 2.33. The zero-order valence-electron chi connectivity index (χ0n) is 12.4. The number of hydrogen-bond donors (Lipinski definition) is 1. The molecule has 1 aliphatic carbocycles. The molecule has 0 bridgehead atoms. The van der Waals surface area contributed by atoms with Crippen molar-refractivity contribution in [1.29, 1.82) is 0 Å². The zero-order valence-corrected chi connectivity index (χ0v) is 13.2. The summed E-state index contributed by atoms with van der Waals surface area (Å²) in [4.78, 5) is 4.52. The van der Waals surface area contributed by atoms with Crippen molar-refractivity contribution in [3.63, 3.8) is 0 Å². The molecule has 4 heteroatoms. The highest BCUT2D eigenvalue weighted by Crippen LogP contribution is 2.41. The monoisotopic (exact) mass is 290 g/mol. The average molecular weight is 290 g/mol. The van der Waals surface area contributed by atoms with Gasteiger partial charge < -0.3 is 9.67 Å². The lowest BCUT2D eigenvalue weighted by Crippen LogP contribution is -2.27. The molecule has 2 aromatic heterocycles. The van der Waals surface area contributed by atoms with E-state index in [1.165, 1.54) is 11.4 Å². The standard InChI is InChI=1S/C16H22N2OS/c1-11-17-12(10-20-11)4-6-18-7-5-13-14(18)8-16(2,3)9-15(13)19/h5,7,10,15,19H,4,6,8-9H2,1-3H3. The molecule has 0 aromatic carbocycles. The maximum absolute atomic E-state index is 10.3. The Morgan fingerprint density at radius 1 is 1.50 bits per heavy atom. The van der Waals surface area contributed by atoms with Crippen LogP contribution in [0.5, 0.6) is 0 Å². The van der Waals surface area contributed by atoms with Crippen LogP contribution in [0.3, 0.4) is 0 Å². The van der Waals surface area contributed by atoms with Crippen molar-refractivity contribution in [2.75, 3.05) is 0 Å². The molecule has 20 heavy (non-hydrogen) atoms. The van der Waals surface area contributed by atoms with Crippen LogP contribution in [-0.2, 0) is 19.4 Å². The summed E-state index contributed by atoms with van der Waals surface area (Å²) < 4.78 is 2.30. The minimum atomic E-state index is -0.309. The molecule has 1 unspecified atom stereocenters. The van der Waals surface area contributed by atoms with Crippen molar-refractivity contribution in [3.05, 3.63) is 39.6 Å². The van der Waals surface area contributed by atoms with Gasteiger partial charge in [-0.2, -0.15) is 0 Å². The Morgan fingerprint density at radius 3 is 3.00 bits per heavy atom. The molecule has 0 saturated heterocycles. The van der Waals surface area contributed by atoms with Gasteiger partial charge >= 0.3 is 0 Å². The molecule has 108 valence electrons. The molecule has 3 nitrogen and oxygen atoms in total. The number of aliphatic hydroxyl groups is 1. The number of aromatic nitrogens is 2. The van der Waals surface area contributed by atoms with Crippen LogP contribution < -0.4 is 0 Å². The fraction of sp³-hybridized carbons (Fsp3) is 0.562. The molecule has 0 saturated carbocycles. The Balaban J connectivity index is 1.78. The van der Waals surface area contributed by atoms with E-state index in [2.05, 4.69) is 41.0 Å². The smallest absolute Gasteiger partial charge is 0.0897 e. The molecule has 1 atom stereocenters. The second-order valence-electron chi connectivity index (χ2n) is 6.58. The van der Waals surface area contributed by atoms with E-state index >= 15 is 0 Å². The van der Waals surface area contributed by atoms with Gasteiger partial charge in [0.25, 0.3) is 0 Å². The molecule has 3 rings (SSSR count). The number of nitrogens with zero attached hydrogens (tertiary/aromatic N) is 2. The van der Waals surface area contributed by atoms with Gasteiger partial charge in [-0.3, -0.25) is 0 Å². The Kier molecular flexibility index (Phi) is 3.46. The lowest BCUT2D eigenvalue weighted by molar-refractivity contribution is 0.0979. The normalized spacial score (nSPS) is 20.9. The summed E-state index contributed by atoms with van der Waals surface area (Å²) >= 11 is 1.71. The van der Waals surface area contributed by atoms with E-state index in [1.54, 1.807) is 11.3 Å². The van der Waals surface area contributed by atoms with E-state index in [-0.39, 0.29) is 11.5 Å². The Morgan fingerprint density at radius 2 is 2.30 bits per heavy atom. The van der Waals surface area contributed by atoms with Crippen LogP contribution in [0, 0.1) is 12.3 Å². The molecular formula is C16H22N2OS. The van der Waals surface area contributed by atoms with Gasteiger partial charge in [-0.1, -0.05) is 13.8 Å². The Hall–Kier alpha value is -1.13. The number of aliphatic hydroxyl groups excluding tert-OH is 1. The maximum atomic E-state index is 10.3. The fourth-order valence-electron chi connectivity index (χ4n) is 3.16. The van der Waals surface area contributed by atoms with Crippen LogP contribution in [0.1, 0.15) is 48.3 Å². The van der Waals surface area contributed by atoms with E-state index in [9.17, 15) is 5.11 Å². The Bertz CT molecular complexity index is 612. The minimum absolute atomic E-state index is 0.180. The number of thiazole rings is 1. The molecule has 0 radical (unpaired) electrons.